The van der Waals surface area contributed by atoms with Crippen LogP contribution in [0.2, 0.25) is 0 Å². The van der Waals surface area contributed by atoms with Gasteiger partial charge in [0, 0.05) is 46.9 Å². The monoisotopic (exact) mass is 381 g/mol. The third-order valence-corrected chi connectivity index (χ3v) is 5.00. The Morgan fingerprint density at radius 2 is 1.97 bits per heavy atom. The van der Waals surface area contributed by atoms with Gasteiger partial charge in [0.05, 0.1) is 19.2 Å². The number of benzene rings is 2. The van der Waals surface area contributed by atoms with E-state index in [1.165, 1.54) is 0 Å². The van der Waals surface area contributed by atoms with Crippen LogP contribution >= 0.6 is 0 Å². The minimum atomic E-state index is 0.613. The predicted octanol–water partition coefficient (Wildman–Crippen LogP) is 4.23. The largest absolute Gasteiger partial charge is 0.497 e. The highest BCUT2D eigenvalue weighted by molar-refractivity contribution is 6.18. The van der Waals surface area contributed by atoms with Gasteiger partial charge in [0.2, 0.25) is 0 Å². The van der Waals surface area contributed by atoms with E-state index in [9.17, 15) is 0 Å². The van der Waals surface area contributed by atoms with Crippen LogP contribution in [0.1, 0.15) is 11.1 Å². The Labute approximate surface area is 168 Å². The molecule has 2 aromatic carbocycles. The van der Waals surface area contributed by atoms with Crippen LogP contribution in [0, 0.1) is 0 Å². The Morgan fingerprint density at radius 3 is 2.83 bits per heavy atom. The lowest BCUT2D eigenvalue weighted by molar-refractivity contribution is 0.414. The number of hydrogen-bond donors (Lipinski definition) is 1. The molecule has 6 nitrogen and oxygen atoms in total. The van der Waals surface area contributed by atoms with Crippen molar-refractivity contribution in [3.05, 3.63) is 72.1 Å². The van der Waals surface area contributed by atoms with Gasteiger partial charge in [0.15, 0.2) is 5.84 Å². The summed E-state index contributed by atoms with van der Waals surface area (Å²) in [6.07, 6.45) is 5.50. The lowest BCUT2D eigenvalue weighted by atomic mass is 10.0. The van der Waals surface area contributed by atoms with Crippen LogP contribution in [-0.2, 0) is 6.54 Å². The number of ether oxygens (including phenoxy) is 1. The van der Waals surface area contributed by atoms with Crippen molar-refractivity contribution < 1.29 is 4.74 Å². The van der Waals surface area contributed by atoms with Crippen LogP contribution in [0.15, 0.2) is 70.9 Å². The van der Waals surface area contributed by atoms with E-state index in [0.717, 1.165) is 50.2 Å². The molecule has 0 saturated carbocycles. The zero-order chi connectivity index (χ0) is 19.6. The number of amidine groups is 1. The Bertz CT molecular complexity index is 1280. The fraction of sp³-hybridized carbons (Fsp3) is 0.130. The number of hydrogen-bond acceptors (Lipinski definition) is 6. The van der Waals surface area contributed by atoms with E-state index in [4.69, 9.17) is 9.72 Å². The second-order valence-corrected chi connectivity index (χ2v) is 6.76. The summed E-state index contributed by atoms with van der Waals surface area (Å²) in [4.78, 5) is 18.2. The lowest BCUT2D eigenvalue weighted by Gasteiger charge is -2.13. The van der Waals surface area contributed by atoms with Crippen molar-refractivity contribution in [1.82, 2.24) is 9.97 Å². The van der Waals surface area contributed by atoms with Crippen molar-refractivity contribution in [3.8, 4) is 5.75 Å². The summed E-state index contributed by atoms with van der Waals surface area (Å²) in [5, 5.41) is 6.62. The Balaban J connectivity index is 1.63. The third-order valence-electron chi connectivity index (χ3n) is 5.00. The number of pyridine rings is 2. The molecule has 0 amide bonds. The van der Waals surface area contributed by atoms with E-state index < -0.39 is 0 Å². The molecular weight excluding hydrogens is 362 g/mol. The van der Waals surface area contributed by atoms with Gasteiger partial charge in [-0.05, 0) is 29.8 Å². The number of nitrogens with zero attached hydrogens (tertiary/aromatic N) is 4. The molecule has 0 radical (unpaired) electrons. The highest BCUT2D eigenvalue weighted by Gasteiger charge is 2.15. The molecule has 29 heavy (non-hydrogen) atoms. The topological polar surface area (TPSA) is 71.8 Å². The van der Waals surface area contributed by atoms with Crippen molar-refractivity contribution in [2.45, 2.75) is 6.54 Å². The van der Waals surface area contributed by atoms with Crippen LogP contribution in [0.4, 0.5) is 5.82 Å². The molecule has 0 aliphatic carbocycles. The third kappa shape index (κ3) is 3.18. The fourth-order valence-electron chi connectivity index (χ4n) is 3.60. The van der Waals surface area contributed by atoms with E-state index in [0.29, 0.717) is 13.1 Å². The van der Waals surface area contributed by atoms with Gasteiger partial charge in [-0.1, -0.05) is 24.3 Å². The predicted molar refractivity (Wildman–Crippen MR) is 117 cm³/mol. The van der Waals surface area contributed by atoms with Gasteiger partial charge in [-0.3, -0.25) is 9.98 Å². The molecule has 0 bridgehead atoms. The maximum Gasteiger partial charge on any atom is 0.156 e. The molecule has 1 aliphatic heterocycles. The smallest absolute Gasteiger partial charge is 0.156 e. The van der Waals surface area contributed by atoms with Crippen LogP contribution in [0.25, 0.3) is 21.7 Å². The second-order valence-electron chi connectivity index (χ2n) is 6.76. The molecular formula is C23H19N5O. The first-order valence-electron chi connectivity index (χ1n) is 9.44. The molecule has 2 aromatic heterocycles. The zero-order valence-corrected chi connectivity index (χ0v) is 16.0. The van der Waals surface area contributed by atoms with Gasteiger partial charge < -0.3 is 10.1 Å². The highest BCUT2D eigenvalue weighted by atomic mass is 16.5. The quantitative estimate of drug-likeness (QED) is 0.525. The summed E-state index contributed by atoms with van der Waals surface area (Å²) in [7, 11) is 1.67. The van der Waals surface area contributed by atoms with Crippen molar-refractivity contribution in [2.75, 3.05) is 19.0 Å². The van der Waals surface area contributed by atoms with Gasteiger partial charge in [0.25, 0.3) is 0 Å². The molecule has 0 fully saturated rings. The van der Waals surface area contributed by atoms with E-state index in [2.05, 4.69) is 32.4 Å². The number of para-hydroxylation sites is 1. The van der Waals surface area contributed by atoms with Gasteiger partial charge in [-0.15, -0.1) is 0 Å². The Kier molecular flexibility index (Phi) is 4.37. The van der Waals surface area contributed by atoms with Crippen LogP contribution in [-0.4, -0.2) is 35.7 Å². The maximum absolute atomic E-state index is 5.33. The number of rotatable bonds is 5. The summed E-state index contributed by atoms with van der Waals surface area (Å²) in [5.41, 5.74) is 2.93. The van der Waals surface area contributed by atoms with E-state index in [-0.39, 0.29) is 0 Å². The summed E-state index contributed by atoms with van der Waals surface area (Å²) < 4.78 is 5.33. The van der Waals surface area contributed by atoms with Crippen molar-refractivity contribution >= 4 is 39.5 Å². The number of anilines is 1. The van der Waals surface area contributed by atoms with Gasteiger partial charge >= 0.3 is 0 Å². The van der Waals surface area contributed by atoms with E-state index in [1.54, 1.807) is 13.3 Å². The molecule has 142 valence electrons. The van der Waals surface area contributed by atoms with Crippen molar-refractivity contribution in [3.63, 3.8) is 0 Å². The first-order valence-corrected chi connectivity index (χ1v) is 9.44. The number of methoxy groups -OCH3 is 1. The molecule has 5 rings (SSSR count). The standard InChI is InChI=1S/C23H19N5O/c1-29-16-5-2-4-15(12-16)13-27-23-18-8-9-24-14-20(18)17-6-3-7-19(21(17)28-23)22-25-10-11-26-22/h2-10,12,14H,11,13H2,1H3,(H,27,28). The number of fused-ring (bicyclic) bond motifs is 3. The summed E-state index contributed by atoms with van der Waals surface area (Å²) in [6, 6.07) is 16.1. The van der Waals surface area contributed by atoms with Crippen LogP contribution in [0.5, 0.6) is 5.75 Å². The van der Waals surface area contributed by atoms with Gasteiger partial charge in [-0.25, -0.2) is 9.98 Å². The summed E-state index contributed by atoms with van der Waals surface area (Å²) in [6.45, 7) is 1.25. The molecule has 0 unspecified atom stereocenters. The average Bonchev–Trinajstić information content (AvgIpc) is 3.32. The number of aromatic nitrogens is 2. The lowest BCUT2D eigenvalue weighted by Crippen LogP contribution is -2.05. The minimum absolute atomic E-state index is 0.613. The van der Waals surface area contributed by atoms with Crippen molar-refractivity contribution in [1.29, 1.82) is 0 Å². The second kappa shape index (κ2) is 7.31. The van der Waals surface area contributed by atoms with Gasteiger partial charge in [0.1, 0.15) is 11.6 Å². The molecule has 0 spiro atoms. The van der Waals surface area contributed by atoms with E-state index >= 15 is 0 Å². The molecule has 0 saturated heterocycles. The summed E-state index contributed by atoms with van der Waals surface area (Å²) in [5.74, 6) is 2.38. The number of nitrogens with one attached hydrogen (secondary N) is 1. The first kappa shape index (κ1) is 17.3. The van der Waals surface area contributed by atoms with Gasteiger partial charge in [-0.2, -0.15) is 0 Å². The Morgan fingerprint density at radius 1 is 1.03 bits per heavy atom. The highest BCUT2D eigenvalue weighted by Crippen LogP contribution is 2.31. The normalized spacial score (nSPS) is 13.1. The minimum Gasteiger partial charge on any atom is -0.497 e. The fourth-order valence-corrected chi connectivity index (χ4v) is 3.60. The molecule has 1 N–H and O–H groups in total. The molecule has 0 atom stereocenters. The molecule has 3 heterocycles. The summed E-state index contributed by atoms with van der Waals surface area (Å²) >= 11 is 0. The van der Waals surface area contributed by atoms with E-state index in [1.807, 2.05) is 48.8 Å². The average molecular weight is 381 g/mol. The van der Waals surface area contributed by atoms with Crippen LogP contribution < -0.4 is 10.1 Å². The molecule has 1 aliphatic rings. The first-order chi connectivity index (χ1) is 14.3. The van der Waals surface area contributed by atoms with Crippen molar-refractivity contribution in [2.24, 2.45) is 9.98 Å². The van der Waals surface area contributed by atoms with Crippen LogP contribution in [0.3, 0.4) is 0 Å². The maximum atomic E-state index is 5.33. The number of aliphatic imine (C=N–C) groups is 2. The molecule has 6 heteroatoms. The molecule has 4 aromatic rings. The zero-order valence-electron chi connectivity index (χ0n) is 16.0. The SMILES string of the molecule is COc1cccc(CNc2nc3c(C4=NCC=N4)cccc3c3cnccc23)c1. The Hall–Kier alpha value is -3.80.